The highest BCUT2D eigenvalue weighted by molar-refractivity contribution is 5.69. The molecule has 4 heteroatoms. The fourth-order valence-electron chi connectivity index (χ4n) is 4.92. The Balaban J connectivity index is 3.76. The lowest BCUT2D eigenvalue weighted by atomic mass is 10.0. The Hall–Kier alpha value is -1.58. The van der Waals surface area contributed by atoms with Gasteiger partial charge in [0.2, 0.25) is 0 Å². The van der Waals surface area contributed by atoms with Crippen LogP contribution in [0, 0.1) is 0 Å². The summed E-state index contributed by atoms with van der Waals surface area (Å²) in [7, 11) is 0. The maximum absolute atomic E-state index is 12.4. The van der Waals surface area contributed by atoms with Crippen LogP contribution in [0.5, 0.6) is 0 Å². The van der Waals surface area contributed by atoms with Gasteiger partial charge in [0, 0.05) is 12.8 Å². The molecule has 0 aromatic heterocycles. The van der Waals surface area contributed by atoms with Crippen LogP contribution >= 0.6 is 0 Å². The number of esters is 1. The Morgan fingerprint density at radius 3 is 1.54 bits per heavy atom. The summed E-state index contributed by atoms with van der Waals surface area (Å²) in [4.78, 5) is 23.1. The Morgan fingerprint density at radius 1 is 0.564 bits per heavy atom. The maximum Gasteiger partial charge on any atom is 0.306 e. The van der Waals surface area contributed by atoms with E-state index in [0.29, 0.717) is 6.42 Å². The summed E-state index contributed by atoms with van der Waals surface area (Å²) >= 11 is 0. The third-order valence-electron chi connectivity index (χ3n) is 7.43. The number of carboxylic acids is 1. The van der Waals surface area contributed by atoms with Gasteiger partial charge < -0.3 is 9.84 Å². The van der Waals surface area contributed by atoms with Gasteiger partial charge in [0.05, 0.1) is 0 Å². The second-order valence-electron chi connectivity index (χ2n) is 11.3. The van der Waals surface area contributed by atoms with Crippen molar-refractivity contribution < 1.29 is 19.4 Å². The van der Waals surface area contributed by atoms with Gasteiger partial charge in [0.25, 0.3) is 0 Å². The zero-order valence-corrected chi connectivity index (χ0v) is 25.9. The highest BCUT2D eigenvalue weighted by Crippen LogP contribution is 2.18. The normalized spacial score (nSPS) is 12.5. The van der Waals surface area contributed by atoms with Crippen LogP contribution in [-0.4, -0.2) is 23.1 Å². The van der Waals surface area contributed by atoms with Crippen molar-refractivity contribution in [2.75, 3.05) is 0 Å². The van der Waals surface area contributed by atoms with Crippen LogP contribution in [-0.2, 0) is 14.3 Å². The van der Waals surface area contributed by atoms with Crippen molar-refractivity contribution in [1.82, 2.24) is 0 Å². The molecular formula is C35H64O4. The van der Waals surface area contributed by atoms with Gasteiger partial charge >= 0.3 is 11.9 Å². The van der Waals surface area contributed by atoms with E-state index in [2.05, 4.69) is 38.2 Å². The number of aliphatic carboxylic acids is 1. The highest BCUT2D eigenvalue weighted by Gasteiger charge is 2.14. The number of carbonyl (C=O) groups is 2. The highest BCUT2D eigenvalue weighted by atomic mass is 16.5. The average Bonchev–Trinajstić information content (AvgIpc) is 2.92. The van der Waals surface area contributed by atoms with Crippen molar-refractivity contribution in [3.8, 4) is 0 Å². The minimum absolute atomic E-state index is 0.0282. The molecule has 0 saturated heterocycles. The van der Waals surface area contributed by atoms with E-state index >= 15 is 0 Å². The molecule has 0 radical (unpaired) electrons. The van der Waals surface area contributed by atoms with Crippen molar-refractivity contribution in [2.45, 2.75) is 187 Å². The number of carboxylic acid groups (broad SMARTS) is 1. The molecule has 0 bridgehead atoms. The van der Waals surface area contributed by atoms with Crippen molar-refractivity contribution in [1.29, 1.82) is 0 Å². The standard InChI is InChI=1S/C35H64O4/c1-3-5-7-9-10-11-12-13-14-15-16-17-18-19-20-21-22-28-32-35(38)39-33(29-25-8-6-4-2)30-26-23-24-27-31-34(36)37/h11-12,14-15,33H,3-10,13,16-32H2,1-2H3,(H,36,37)/b12-11-,15-14-. The summed E-state index contributed by atoms with van der Waals surface area (Å²) in [5.74, 6) is -0.743. The summed E-state index contributed by atoms with van der Waals surface area (Å²) < 4.78 is 5.86. The van der Waals surface area contributed by atoms with E-state index in [0.717, 1.165) is 64.2 Å². The molecule has 0 heterocycles. The van der Waals surface area contributed by atoms with Crippen LogP contribution in [0.3, 0.4) is 0 Å². The fourth-order valence-corrected chi connectivity index (χ4v) is 4.92. The molecule has 1 atom stereocenters. The van der Waals surface area contributed by atoms with Gasteiger partial charge in [0.15, 0.2) is 0 Å². The smallest absolute Gasteiger partial charge is 0.306 e. The quantitative estimate of drug-likeness (QED) is 0.0550. The molecule has 39 heavy (non-hydrogen) atoms. The largest absolute Gasteiger partial charge is 0.481 e. The third kappa shape index (κ3) is 30.8. The van der Waals surface area contributed by atoms with E-state index in [4.69, 9.17) is 9.84 Å². The second-order valence-corrected chi connectivity index (χ2v) is 11.3. The Morgan fingerprint density at radius 2 is 1.00 bits per heavy atom. The van der Waals surface area contributed by atoms with Crippen LogP contribution in [0.2, 0.25) is 0 Å². The molecule has 0 spiro atoms. The van der Waals surface area contributed by atoms with Crippen molar-refractivity contribution in [3.05, 3.63) is 24.3 Å². The average molecular weight is 549 g/mol. The molecule has 0 saturated carbocycles. The Kier molecular flexibility index (Phi) is 29.7. The Bertz CT molecular complexity index is 595. The zero-order valence-electron chi connectivity index (χ0n) is 25.9. The first-order chi connectivity index (χ1) is 19.1. The molecule has 0 aromatic carbocycles. The summed E-state index contributed by atoms with van der Waals surface area (Å²) in [5.41, 5.74) is 0. The summed E-state index contributed by atoms with van der Waals surface area (Å²) in [5, 5.41) is 8.76. The molecule has 0 amide bonds. The first kappa shape index (κ1) is 37.4. The van der Waals surface area contributed by atoms with E-state index in [9.17, 15) is 9.59 Å². The van der Waals surface area contributed by atoms with Crippen LogP contribution in [0.1, 0.15) is 181 Å². The lowest BCUT2D eigenvalue weighted by Gasteiger charge is -2.18. The van der Waals surface area contributed by atoms with E-state index in [1.165, 1.54) is 89.9 Å². The molecule has 0 fully saturated rings. The predicted molar refractivity (Wildman–Crippen MR) is 167 cm³/mol. The number of hydrogen-bond acceptors (Lipinski definition) is 3. The fraction of sp³-hybridized carbons (Fsp3) is 0.829. The number of rotatable bonds is 30. The van der Waals surface area contributed by atoms with E-state index in [-0.39, 0.29) is 18.5 Å². The van der Waals surface area contributed by atoms with Crippen LogP contribution in [0.15, 0.2) is 24.3 Å². The summed E-state index contributed by atoms with van der Waals surface area (Å²) in [6.07, 6.45) is 37.8. The molecule has 0 rings (SSSR count). The number of unbranched alkanes of at least 4 members (excludes halogenated alkanes) is 17. The first-order valence-electron chi connectivity index (χ1n) is 16.8. The molecule has 0 aliphatic carbocycles. The second kappa shape index (κ2) is 31.0. The van der Waals surface area contributed by atoms with E-state index < -0.39 is 5.97 Å². The minimum Gasteiger partial charge on any atom is -0.481 e. The van der Waals surface area contributed by atoms with E-state index in [1.807, 2.05) is 0 Å². The van der Waals surface area contributed by atoms with Gasteiger partial charge in [-0.25, -0.2) is 0 Å². The van der Waals surface area contributed by atoms with Gasteiger partial charge in [-0.1, -0.05) is 122 Å². The van der Waals surface area contributed by atoms with Crippen LogP contribution in [0.4, 0.5) is 0 Å². The van der Waals surface area contributed by atoms with Crippen molar-refractivity contribution in [2.24, 2.45) is 0 Å². The van der Waals surface area contributed by atoms with Gasteiger partial charge in [-0.05, 0) is 70.6 Å². The molecule has 4 nitrogen and oxygen atoms in total. The van der Waals surface area contributed by atoms with Gasteiger partial charge in [-0.3, -0.25) is 9.59 Å². The predicted octanol–water partition coefficient (Wildman–Crippen LogP) is 11.3. The molecule has 0 aliphatic heterocycles. The van der Waals surface area contributed by atoms with E-state index in [1.54, 1.807) is 0 Å². The third-order valence-corrected chi connectivity index (χ3v) is 7.43. The Labute approximate surface area is 242 Å². The topological polar surface area (TPSA) is 63.6 Å². The van der Waals surface area contributed by atoms with Crippen molar-refractivity contribution in [3.63, 3.8) is 0 Å². The van der Waals surface area contributed by atoms with Gasteiger partial charge in [-0.2, -0.15) is 0 Å². The lowest BCUT2D eigenvalue weighted by Crippen LogP contribution is -2.18. The monoisotopic (exact) mass is 548 g/mol. The first-order valence-corrected chi connectivity index (χ1v) is 16.8. The maximum atomic E-state index is 12.4. The van der Waals surface area contributed by atoms with Crippen LogP contribution in [0.25, 0.3) is 0 Å². The SMILES string of the molecule is CCCCCC/C=C\C/C=C\CCCCCCCCCC(=O)OC(CCCCCC)CCCCCCC(=O)O. The minimum atomic E-state index is -0.715. The molecule has 228 valence electrons. The van der Waals surface area contributed by atoms with Gasteiger partial charge in [0.1, 0.15) is 6.10 Å². The molecule has 0 aromatic rings. The molecular weight excluding hydrogens is 484 g/mol. The van der Waals surface area contributed by atoms with Crippen molar-refractivity contribution >= 4 is 11.9 Å². The lowest BCUT2D eigenvalue weighted by molar-refractivity contribution is -0.150. The number of ether oxygens (including phenoxy) is 1. The molecule has 1 N–H and O–H groups in total. The number of allylic oxidation sites excluding steroid dienone is 4. The van der Waals surface area contributed by atoms with Gasteiger partial charge in [-0.15, -0.1) is 0 Å². The number of carbonyl (C=O) groups excluding carboxylic acids is 1. The molecule has 1 unspecified atom stereocenters. The number of hydrogen-bond donors (Lipinski definition) is 1. The summed E-state index contributed by atoms with van der Waals surface area (Å²) in [6.45, 7) is 4.47. The zero-order chi connectivity index (χ0) is 28.7. The molecule has 0 aliphatic rings. The summed E-state index contributed by atoms with van der Waals surface area (Å²) in [6, 6.07) is 0. The van der Waals surface area contributed by atoms with Crippen LogP contribution < -0.4 is 0 Å².